The highest BCUT2D eigenvalue weighted by Crippen LogP contribution is 2.37. The minimum absolute atomic E-state index is 0.0294. The fourth-order valence-electron chi connectivity index (χ4n) is 3.81. The molecule has 4 rings (SSSR count). The smallest absolute Gasteiger partial charge is 0.238 e. The quantitative estimate of drug-likeness (QED) is 0.612. The largest absolute Gasteiger partial charge is 0.353 e. The van der Waals surface area contributed by atoms with Crippen LogP contribution in [0.2, 0.25) is 0 Å². The van der Waals surface area contributed by atoms with Gasteiger partial charge in [0.2, 0.25) is 11.8 Å². The number of fused-ring (bicyclic) bond motifs is 1. The molecule has 1 aromatic rings. The van der Waals surface area contributed by atoms with Gasteiger partial charge in [-0.2, -0.15) is 0 Å². The Morgan fingerprint density at radius 3 is 2.75 bits per heavy atom. The van der Waals surface area contributed by atoms with Crippen molar-refractivity contribution in [2.24, 2.45) is 0 Å². The van der Waals surface area contributed by atoms with E-state index in [1.807, 2.05) is 36.1 Å². The molecule has 3 aliphatic rings. The van der Waals surface area contributed by atoms with Crippen LogP contribution in [-0.4, -0.2) is 44.8 Å². The first kappa shape index (κ1) is 20.0. The summed E-state index contributed by atoms with van der Waals surface area (Å²) in [6, 6.07) is 8.44. The molecule has 3 fully saturated rings. The summed E-state index contributed by atoms with van der Waals surface area (Å²) < 4.78 is 0.686. The van der Waals surface area contributed by atoms with Gasteiger partial charge in [0.25, 0.3) is 0 Å². The van der Waals surface area contributed by atoms with Gasteiger partial charge in [-0.05, 0) is 31.9 Å². The molecule has 28 heavy (non-hydrogen) atoms. The molecule has 1 aromatic carbocycles. The van der Waals surface area contributed by atoms with E-state index in [1.165, 1.54) is 41.9 Å². The van der Waals surface area contributed by atoms with Gasteiger partial charge in [-0.3, -0.25) is 14.9 Å². The van der Waals surface area contributed by atoms with Gasteiger partial charge in [0.1, 0.15) is 21.2 Å². The van der Waals surface area contributed by atoms with E-state index >= 15 is 0 Å². The van der Waals surface area contributed by atoms with E-state index in [0.29, 0.717) is 16.1 Å². The maximum absolute atomic E-state index is 12.6. The fraction of sp³-hybridized carbons (Fsp3) is 0.526. The average Bonchev–Trinajstić information content (AvgIpc) is 3.28. The van der Waals surface area contributed by atoms with Crippen LogP contribution in [0.5, 0.6) is 0 Å². The van der Waals surface area contributed by atoms with Crippen LogP contribution in [0.4, 0.5) is 5.69 Å². The number of hydrogen-bond donors (Lipinski definition) is 3. The molecule has 2 heterocycles. The summed E-state index contributed by atoms with van der Waals surface area (Å²) in [5.74, 6) is 0.301. The van der Waals surface area contributed by atoms with Crippen LogP contribution in [0.3, 0.4) is 0 Å². The van der Waals surface area contributed by atoms with Crippen LogP contribution in [0.15, 0.2) is 24.3 Å². The molecule has 0 spiro atoms. The first-order chi connectivity index (χ1) is 13.5. The van der Waals surface area contributed by atoms with E-state index in [0.717, 1.165) is 18.5 Å². The molecule has 150 valence electrons. The second-order valence-electron chi connectivity index (χ2n) is 7.37. The van der Waals surface area contributed by atoms with Gasteiger partial charge < -0.3 is 15.5 Å². The molecule has 3 unspecified atom stereocenters. The van der Waals surface area contributed by atoms with E-state index in [2.05, 4.69) is 16.0 Å². The number of rotatable bonds is 5. The monoisotopic (exact) mass is 436 g/mol. The number of benzene rings is 1. The van der Waals surface area contributed by atoms with E-state index in [4.69, 9.17) is 12.2 Å². The van der Waals surface area contributed by atoms with Crippen molar-refractivity contribution in [3.8, 4) is 0 Å². The molecule has 2 saturated heterocycles. The predicted octanol–water partition coefficient (Wildman–Crippen LogP) is 2.32. The first-order valence-corrected chi connectivity index (χ1v) is 11.9. The lowest BCUT2D eigenvalue weighted by Gasteiger charge is -2.36. The number of aryl methyl sites for hydroxylation is 1. The first-order valence-electron chi connectivity index (χ1n) is 9.55. The Hall–Kier alpha value is -1.29. The minimum Gasteiger partial charge on any atom is -0.353 e. The number of amides is 2. The Morgan fingerprint density at radius 1 is 1.32 bits per heavy atom. The van der Waals surface area contributed by atoms with Gasteiger partial charge in [-0.15, -0.1) is 11.8 Å². The van der Waals surface area contributed by atoms with Crippen molar-refractivity contribution < 1.29 is 9.59 Å². The van der Waals surface area contributed by atoms with E-state index in [1.54, 1.807) is 0 Å². The van der Waals surface area contributed by atoms with E-state index in [-0.39, 0.29) is 28.7 Å². The highest BCUT2D eigenvalue weighted by molar-refractivity contribution is 8.24. The zero-order chi connectivity index (χ0) is 19.7. The number of carbonyl (C=O) groups excluding carboxylic acids is 2. The predicted molar refractivity (Wildman–Crippen MR) is 119 cm³/mol. The maximum atomic E-state index is 12.6. The molecule has 2 amide bonds. The number of thioether (sulfide) groups is 2. The summed E-state index contributed by atoms with van der Waals surface area (Å²) >= 11 is 8.36. The van der Waals surface area contributed by atoms with Crippen molar-refractivity contribution in [1.82, 2.24) is 16.0 Å². The molecular formula is C19H24N4O2S3. The van der Waals surface area contributed by atoms with Crippen LogP contribution in [-0.2, 0) is 9.59 Å². The average molecular weight is 437 g/mol. The number of carbonyl (C=O) groups is 2. The number of thiocarbonyl (C=S) groups is 1. The lowest BCUT2D eigenvalue weighted by atomic mass is 10.2. The van der Waals surface area contributed by atoms with Crippen molar-refractivity contribution in [3.63, 3.8) is 0 Å². The molecule has 0 aromatic heterocycles. The van der Waals surface area contributed by atoms with Gasteiger partial charge in [0, 0.05) is 11.7 Å². The third kappa shape index (κ3) is 4.32. The molecule has 0 bridgehead atoms. The Bertz CT molecular complexity index is 767. The van der Waals surface area contributed by atoms with Gasteiger partial charge in [0.05, 0.1) is 5.75 Å². The summed E-state index contributed by atoms with van der Waals surface area (Å²) in [6.45, 7) is 2.04. The van der Waals surface area contributed by atoms with Gasteiger partial charge >= 0.3 is 0 Å². The van der Waals surface area contributed by atoms with Crippen molar-refractivity contribution >= 4 is 57.6 Å². The highest BCUT2D eigenvalue weighted by Gasteiger charge is 2.47. The van der Waals surface area contributed by atoms with Crippen molar-refractivity contribution in [3.05, 3.63) is 29.8 Å². The van der Waals surface area contributed by atoms with E-state index < -0.39 is 0 Å². The highest BCUT2D eigenvalue weighted by atomic mass is 32.2. The zero-order valence-electron chi connectivity index (χ0n) is 15.6. The van der Waals surface area contributed by atoms with Crippen LogP contribution in [0, 0.1) is 6.92 Å². The van der Waals surface area contributed by atoms with Gasteiger partial charge in [-0.1, -0.05) is 54.5 Å². The molecule has 3 N–H and O–H groups in total. The lowest BCUT2D eigenvalue weighted by molar-refractivity contribution is -0.123. The molecule has 0 radical (unpaired) electrons. The maximum Gasteiger partial charge on any atom is 0.238 e. The van der Waals surface area contributed by atoms with Crippen LogP contribution in [0.1, 0.15) is 31.2 Å². The molecule has 3 atom stereocenters. The molecule has 1 aliphatic carbocycles. The summed E-state index contributed by atoms with van der Waals surface area (Å²) in [5.41, 5.74) is 1.83. The second-order valence-corrected chi connectivity index (χ2v) is 10.2. The summed E-state index contributed by atoms with van der Waals surface area (Å²) in [5, 5.41) is 9.22. The molecule has 6 nitrogen and oxygen atoms in total. The van der Waals surface area contributed by atoms with Crippen molar-refractivity contribution in [2.75, 3.05) is 10.7 Å². The minimum atomic E-state index is -0.322. The lowest BCUT2D eigenvalue weighted by Crippen LogP contribution is -2.64. The molecule has 2 aliphatic heterocycles. The van der Waals surface area contributed by atoms with E-state index in [9.17, 15) is 9.59 Å². The summed E-state index contributed by atoms with van der Waals surface area (Å²) in [7, 11) is 0. The fourth-order valence-corrected chi connectivity index (χ4v) is 6.23. The number of nitrogens with one attached hydrogen (secondary N) is 3. The Kier molecular flexibility index (Phi) is 6.15. The van der Waals surface area contributed by atoms with Crippen LogP contribution >= 0.6 is 35.7 Å². The topological polar surface area (TPSA) is 73.5 Å². The van der Waals surface area contributed by atoms with Crippen LogP contribution < -0.4 is 20.9 Å². The van der Waals surface area contributed by atoms with Crippen molar-refractivity contribution in [1.29, 1.82) is 0 Å². The third-order valence-electron chi connectivity index (χ3n) is 5.26. The Balaban J connectivity index is 1.39. The SMILES string of the molecule is Cc1ccc(N2C(=S)SC3C(=O)NC(SCC(=O)NC4CCCC4)NC32)cc1. The standard InChI is InChI=1S/C19H24N4O2S3/c1-11-6-8-13(9-7-11)23-16-15(28-19(23)26)17(25)22-18(21-16)27-10-14(24)20-12-4-2-3-5-12/h6-9,12,15-16,18,21H,2-5,10H2,1H3,(H,20,24)(H,22,25). The van der Waals surface area contributed by atoms with Gasteiger partial charge in [-0.25, -0.2) is 0 Å². The summed E-state index contributed by atoms with van der Waals surface area (Å²) in [6.07, 6.45) is 4.29. The third-order valence-corrected chi connectivity index (χ3v) is 7.88. The number of anilines is 1. The number of nitrogens with zero attached hydrogens (tertiary/aromatic N) is 1. The Labute approximate surface area is 178 Å². The molecule has 1 saturated carbocycles. The zero-order valence-corrected chi connectivity index (χ0v) is 18.1. The molecular weight excluding hydrogens is 412 g/mol. The second kappa shape index (κ2) is 8.61. The van der Waals surface area contributed by atoms with Crippen LogP contribution in [0.25, 0.3) is 0 Å². The Morgan fingerprint density at radius 2 is 2.04 bits per heavy atom. The summed E-state index contributed by atoms with van der Waals surface area (Å²) in [4.78, 5) is 26.8. The number of hydrogen-bond acceptors (Lipinski definition) is 6. The van der Waals surface area contributed by atoms with Gasteiger partial charge in [0.15, 0.2) is 0 Å². The molecule has 9 heteroatoms. The van der Waals surface area contributed by atoms with Crippen molar-refractivity contribution in [2.45, 2.75) is 55.6 Å². The normalized spacial score (nSPS) is 27.6.